The third-order valence-corrected chi connectivity index (χ3v) is 4.36. The smallest absolute Gasteiger partial charge is 0.304 e. The average molecular weight is 391 g/mol. The summed E-state index contributed by atoms with van der Waals surface area (Å²) in [6, 6.07) is 10.4. The number of ether oxygens (including phenoxy) is 1. The highest BCUT2D eigenvalue weighted by atomic mass is 19.3. The van der Waals surface area contributed by atoms with Crippen molar-refractivity contribution < 1.29 is 22.7 Å². The molecule has 0 fully saturated rings. The van der Waals surface area contributed by atoms with Crippen LogP contribution >= 0.6 is 0 Å². The second kappa shape index (κ2) is 8.77. The summed E-state index contributed by atoms with van der Waals surface area (Å²) >= 11 is 0. The number of fused-ring (bicyclic) bond motifs is 1. The highest BCUT2D eigenvalue weighted by Crippen LogP contribution is 2.20. The lowest BCUT2D eigenvalue weighted by atomic mass is 10.1. The molecule has 3 aromatic rings. The van der Waals surface area contributed by atoms with Crippen LogP contribution in [0.1, 0.15) is 30.5 Å². The van der Waals surface area contributed by atoms with Crippen LogP contribution in [-0.2, 0) is 11.2 Å². The first-order valence-corrected chi connectivity index (χ1v) is 8.83. The van der Waals surface area contributed by atoms with Gasteiger partial charge in [0, 0.05) is 35.8 Å². The third kappa shape index (κ3) is 4.82. The molecule has 2 unspecified atom stereocenters. The lowest BCUT2D eigenvalue weighted by Crippen LogP contribution is -2.27. The summed E-state index contributed by atoms with van der Waals surface area (Å²) < 4.78 is 41.6. The van der Waals surface area contributed by atoms with Crippen molar-refractivity contribution in [1.82, 2.24) is 15.3 Å². The molecule has 0 saturated heterocycles. The number of aromatic amines is 1. The van der Waals surface area contributed by atoms with Crippen LogP contribution < -0.4 is 10.1 Å². The molecule has 1 amide bonds. The van der Waals surface area contributed by atoms with Gasteiger partial charge in [-0.25, -0.2) is 13.8 Å². The summed E-state index contributed by atoms with van der Waals surface area (Å²) in [5.41, 5.74) is 2.75. The molecular weight excluding hydrogens is 371 g/mol. The molecule has 2 heterocycles. The Bertz CT molecular complexity index is 928. The van der Waals surface area contributed by atoms with Crippen molar-refractivity contribution in [2.75, 3.05) is 0 Å². The highest BCUT2D eigenvalue weighted by molar-refractivity contribution is 5.84. The Kier molecular flexibility index (Phi) is 6.18. The number of rotatable bonds is 8. The van der Waals surface area contributed by atoms with E-state index in [1.54, 1.807) is 13.0 Å². The summed E-state index contributed by atoms with van der Waals surface area (Å²) in [4.78, 5) is 19.2. The number of aromatic nitrogens is 2. The van der Waals surface area contributed by atoms with Gasteiger partial charge < -0.3 is 15.0 Å². The maximum absolute atomic E-state index is 12.9. The lowest BCUT2D eigenvalue weighted by molar-refractivity contribution is -0.121. The number of H-pyrrole nitrogens is 1. The molecule has 5 nitrogen and oxygen atoms in total. The van der Waals surface area contributed by atoms with E-state index in [1.165, 1.54) is 12.3 Å². The molecule has 0 aliphatic rings. The Morgan fingerprint density at radius 2 is 2.00 bits per heavy atom. The van der Waals surface area contributed by atoms with Gasteiger partial charge >= 0.3 is 6.43 Å². The number of pyridine rings is 1. The number of aryl methyl sites for hydroxylation is 1. The molecule has 1 aromatic carbocycles. The summed E-state index contributed by atoms with van der Waals surface area (Å²) in [5.74, 6) is -0.367. The number of amides is 1. The minimum Gasteiger partial charge on any atom is -0.437 e. The Labute approximate surface area is 159 Å². The van der Waals surface area contributed by atoms with Crippen molar-refractivity contribution >= 4 is 16.8 Å². The Balaban J connectivity index is 1.52. The van der Waals surface area contributed by atoms with E-state index in [2.05, 4.69) is 20.0 Å². The van der Waals surface area contributed by atoms with Crippen LogP contribution in [0.3, 0.4) is 0 Å². The van der Waals surface area contributed by atoms with Crippen molar-refractivity contribution in [3.8, 4) is 5.88 Å². The van der Waals surface area contributed by atoms with Crippen molar-refractivity contribution in [3.63, 3.8) is 0 Å². The molecule has 3 rings (SSSR count). The second-order valence-electron chi connectivity index (χ2n) is 6.38. The Morgan fingerprint density at radius 3 is 2.71 bits per heavy atom. The van der Waals surface area contributed by atoms with Gasteiger partial charge in [0.15, 0.2) is 0 Å². The monoisotopic (exact) mass is 391 g/mol. The largest absolute Gasteiger partial charge is 0.437 e. The number of para-hydroxylation sites is 1. The van der Waals surface area contributed by atoms with Crippen LogP contribution in [-0.4, -0.2) is 28.7 Å². The van der Waals surface area contributed by atoms with Crippen LogP contribution in [0.5, 0.6) is 5.88 Å². The van der Waals surface area contributed by atoms with Crippen LogP contribution in [0, 0.1) is 0 Å². The molecule has 2 atom stereocenters. The molecule has 2 N–H and O–H groups in total. The summed E-state index contributed by atoms with van der Waals surface area (Å²) in [6.45, 7) is 1.78. The van der Waals surface area contributed by atoms with Crippen LogP contribution in [0.25, 0.3) is 10.9 Å². The number of alkyl halides is 3. The van der Waals surface area contributed by atoms with Gasteiger partial charge in [-0.15, -0.1) is 0 Å². The molecular formula is C20H20F3N3O2. The van der Waals surface area contributed by atoms with E-state index in [0.29, 0.717) is 18.4 Å². The van der Waals surface area contributed by atoms with E-state index in [0.717, 1.165) is 16.5 Å². The fourth-order valence-electron chi connectivity index (χ4n) is 2.87. The molecule has 28 heavy (non-hydrogen) atoms. The molecule has 2 aromatic heterocycles. The number of hydrogen-bond acceptors (Lipinski definition) is 3. The lowest BCUT2D eigenvalue weighted by Gasteiger charge is -2.15. The summed E-state index contributed by atoms with van der Waals surface area (Å²) in [7, 11) is 0. The molecule has 0 saturated carbocycles. The zero-order chi connectivity index (χ0) is 20.1. The van der Waals surface area contributed by atoms with Gasteiger partial charge in [-0.2, -0.15) is 4.39 Å². The quantitative estimate of drug-likeness (QED) is 0.601. The second-order valence-corrected chi connectivity index (χ2v) is 6.38. The first-order chi connectivity index (χ1) is 13.4. The van der Waals surface area contributed by atoms with E-state index < -0.39 is 12.8 Å². The zero-order valence-electron chi connectivity index (χ0n) is 15.2. The zero-order valence-corrected chi connectivity index (χ0v) is 15.2. The molecule has 0 aliphatic heterocycles. The van der Waals surface area contributed by atoms with E-state index in [1.807, 2.05) is 30.5 Å². The van der Waals surface area contributed by atoms with Crippen molar-refractivity contribution in [2.24, 2.45) is 0 Å². The first-order valence-electron chi connectivity index (χ1n) is 8.83. The van der Waals surface area contributed by atoms with Crippen LogP contribution in [0.15, 0.2) is 48.8 Å². The van der Waals surface area contributed by atoms with Gasteiger partial charge in [0.25, 0.3) is 6.36 Å². The number of benzene rings is 1. The van der Waals surface area contributed by atoms with Crippen molar-refractivity contribution in [1.29, 1.82) is 0 Å². The number of carbonyl (C=O) groups is 1. The average Bonchev–Trinajstić information content (AvgIpc) is 3.10. The number of carbonyl (C=O) groups excluding carboxylic acids is 1. The van der Waals surface area contributed by atoms with Gasteiger partial charge in [-0.05, 0) is 30.5 Å². The number of halogens is 3. The first kappa shape index (κ1) is 19.7. The maximum atomic E-state index is 12.9. The van der Waals surface area contributed by atoms with Crippen LogP contribution in [0.2, 0.25) is 0 Å². The van der Waals surface area contributed by atoms with Gasteiger partial charge in [0.2, 0.25) is 11.8 Å². The summed E-state index contributed by atoms with van der Waals surface area (Å²) in [6.07, 6.45) is -1.78. The minimum atomic E-state index is -3.24. The molecule has 148 valence electrons. The fraction of sp³-hybridized carbons (Fsp3) is 0.300. The number of nitrogens with zero attached hydrogens (tertiary/aromatic N) is 1. The minimum absolute atomic E-state index is 0.125. The topological polar surface area (TPSA) is 67.0 Å². The van der Waals surface area contributed by atoms with Crippen LogP contribution in [0.4, 0.5) is 13.2 Å². The molecule has 8 heteroatoms. The number of nitrogens with one attached hydrogen (secondary N) is 2. The highest BCUT2D eigenvalue weighted by Gasteiger charge is 2.21. The number of hydrogen-bond donors (Lipinski definition) is 2. The van der Waals surface area contributed by atoms with Crippen molar-refractivity contribution in [2.45, 2.75) is 38.6 Å². The third-order valence-electron chi connectivity index (χ3n) is 4.36. The van der Waals surface area contributed by atoms with Gasteiger partial charge in [-0.1, -0.05) is 24.3 Å². The summed E-state index contributed by atoms with van der Waals surface area (Å²) in [5, 5.41) is 3.96. The SMILES string of the molecule is CC(NC(=O)CCc1c[nH]c2ccccc12)c1ccc(OC(F)C(F)F)nc1. The Hall–Kier alpha value is -3.03. The van der Waals surface area contributed by atoms with E-state index in [-0.39, 0.29) is 17.8 Å². The van der Waals surface area contributed by atoms with Crippen molar-refractivity contribution in [3.05, 3.63) is 59.9 Å². The van der Waals surface area contributed by atoms with E-state index in [4.69, 9.17) is 0 Å². The standard InChI is InChI=1S/C20H20F3N3O2/c1-12(13-7-9-18(25-10-13)28-20(23)19(21)22)26-17(27)8-6-14-11-24-16-5-3-2-4-15(14)16/h2-5,7,9-12,19-20,24H,6,8H2,1H3,(H,26,27). The molecule has 0 bridgehead atoms. The molecule has 0 aliphatic carbocycles. The van der Waals surface area contributed by atoms with E-state index in [9.17, 15) is 18.0 Å². The normalized spacial score (nSPS) is 13.5. The predicted octanol–water partition coefficient (Wildman–Crippen LogP) is 4.31. The van der Waals surface area contributed by atoms with Gasteiger partial charge in [-0.3, -0.25) is 4.79 Å². The van der Waals surface area contributed by atoms with Gasteiger partial charge in [0.05, 0.1) is 6.04 Å². The van der Waals surface area contributed by atoms with Gasteiger partial charge in [0.1, 0.15) is 0 Å². The fourth-order valence-corrected chi connectivity index (χ4v) is 2.87. The molecule has 0 radical (unpaired) electrons. The predicted molar refractivity (Wildman–Crippen MR) is 98.9 cm³/mol. The molecule has 0 spiro atoms. The maximum Gasteiger partial charge on any atom is 0.304 e. The van der Waals surface area contributed by atoms with E-state index >= 15 is 0 Å². The Morgan fingerprint density at radius 1 is 1.21 bits per heavy atom.